The zero-order valence-electron chi connectivity index (χ0n) is 12.8. The van der Waals surface area contributed by atoms with Gasteiger partial charge in [-0.3, -0.25) is 0 Å². The number of fused-ring (bicyclic) bond motifs is 1. The van der Waals surface area contributed by atoms with E-state index >= 15 is 0 Å². The summed E-state index contributed by atoms with van der Waals surface area (Å²) in [4.78, 5) is 0. The van der Waals surface area contributed by atoms with Crippen molar-refractivity contribution in [1.82, 2.24) is 0 Å². The molecule has 0 spiro atoms. The van der Waals surface area contributed by atoms with Crippen LogP contribution < -0.4 is 26.4 Å². The molecule has 0 unspecified atom stereocenters. The smallest absolute Gasteiger partial charge is 0.220 e. The van der Waals surface area contributed by atoms with Gasteiger partial charge in [-0.25, -0.2) is 4.57 Å². The van der Waals surface area contributed by atoms with Crippen LogP contribution in [0.1, 0.15) is 0 Å². The molecular formula is C18H18ClNO2. The number of hydrogen-bond donors (Lipinski definition) is 0. The van der Waals surface area contributed by atoms with Crippen molar-refractivity contribution < 1.29 is 26.4 Å². The molecule has 0 atom stereocenters. The van der Waals surface area contributed by atoms with Gasteiger partial charge in [0.1, 0.15) is 18.5 Å². The zero-order valence-corrected chi connectivity index (χ0v) is 13.6. The van der Waals surface area contributed by atoms with Crippen LogP contribution in [0.5, 0.6) is 11.5 Å². The van der Waals surface area contributed by atoms with E-state index in [0.717, 1.165) is 17.1 Å². The fourth-order valence-electron chi connectivity index (χ4n) is 2.59. The number of ether oxygens (including phenoxy) is 2. The second-order valence-electron chi connectivity index (χ2n) is 4.96. The lowest BCUT2D eigenvalue weighted by Crippen LogP contribution is -3.00. The average molecular weight is 316 g/mol. The number of aromatic nitrogens is 1. The molecule has 0 fully saturated rings. The summed E-state index contributed by atoms with van der Waals surface area (Å²) in [6, 6.07) is 16.4. The second kappa shape index (κ2) is 6.67. The van der Waals surface area contributed by atoms with Crippen molar-refractivity contribution in [2.75, 3.05) is 14.2 Å². The maximum atomic E-state index is 5.31. The number of aryl methyl sites for hydroxylation is 1. The van der Waals surface area contributed by atoms with Crippen LogP contribution >= 0.6 is 0 Å². The van der Waals surface area contributed by atoms with Gasteiger partial charge in [0.25, 0.3) is 0 Å². The molecule has 0 aliphatic heterocycles. The van der Waals surface area contributed by atoms with E-state index in [0.29, 0.717) is 0 Å². The van der Waals surface area contributed by atoms with Crippen LogP contribution in [0.25, 0.3) is 22.0 Å². The Bertz CT molecular complexity index is 785. The molecule has 0 aliphatic rings. The van der Waals surface area contributed by atoms with Gasteiger partial charge < -0.3 is 21.9 Å². The molecule has 0 saturated carbocycles. The summed E-state index contributed by atoms with van der Waals surface area (Å²) in [5.74, 6) is 1.74. The summed E-state index contributed by atoms with van der Waals surface area (Å²) in [6.45, 7) is 0. The Morgan fingerprint density at radius 2 is 1.45 bits per heavy atom. The fourth-order valence-corrected chi connectivity index (χ4v) is 2.59. The van der Waals surface area contributed by atoms with Gasteiger partial charge in [-0.05, 0) is 47.9 Å². The Morgan fingerprint density at radius 3 is 2.09 bits per heavy atom. The minimum atomic E-state index is 0. The van der Waals surface area contributed by atoms with Crippen molar-refractivity contribution in [2.45, 2.75) is 0 Å². The molecule has 22 heavy (non-hydrogen) atoms. The second-order valence-corrected chi connectivity index (χ2v) is 4.96. The van der Waals surface area contributed by atoms with Crippen LogP contribution in [-0.4, -0.2) is 14.2 Å². The van der Waals surface area contributed by atoms with Crippen molar-refractivity contribution in [1.29, 1.82) is 0 Å². The van der Waals surface area contributed by atoms with Crippen molar-refractivity contribution in [2.24, 2.45) is 7.05 Å². The van der Waals surface area contributed by atoms with Crippen molar-refractivity contribution in [3.05, 3.63) is 54.7 Å². The SMILES string of the molecule is COc1ccc(-c2c3ccc(OC)cc3cc[n+]2C)cc1.[Cl-]. The Balaban J connectivity index is 0.00000176. The quantitative estimate of drug-likeness (QED) is 0.651. The van der Waals surface area contributed by atoms with Gasteiger partial charge >= 0.3 is 0 Å². The lowest BCUT2D eigenvalue weighted by molar-refractivity contribution is -0.659. The third kappa shape index (κ3) is 2.85. The lowest BCUT2D eigenvalue weighted by atomic mass is 10.0. The van der Waals surface area contributed by atoms with Crippen molar-refractivity contribution in [3.63, 3.8) is 0 Å². The van der Waals surface area contributed by atoms with E-state index in [2.05, 4.69) is 48.1 Å². The maximum absolute atomic E-state index is 5.31. The highest BCUT2D eigenvalue weighted by Crippen LogP contribution is 2.28. The van der Waals surface area contributed by atoms with Crippen LogP contribution in [0.4, 0.5) is 0 Å². The topological polar surface area (TPSA) is 22.3 Å². The summed E-state index contributed by atoms with van der Waals surface area (Å²) in [6.07, 6.45) is 2.07. The standard InChI is InChI=1S/C18H18NO2.ClH/c1-19-11-10-14-12-16(21-3)8-9-17(14)18(19)13-4-6-15(20-2)7-5-13;/h4-12H,1-3H3;1H/q+1;/p-1. The van der Waals surface area contributed by atoms with E-state index in [1.165, 1.54) is 16.5 Å². The molecule has 4 heteroatoms. The Hall–Kier alpha value is -2.26. The molecule has 0 amide bonds. The third-order valence-corrected chi connectivity index (χ3v) is 3.71. The van der Waals surface area contributed by atoms with Crippen LogP contribution in [0.3, 0.4) is 0 Å². The first-order valence-corrected chi connectivity index (χ1v) is 6.84. The van der Waals surface area contributed by atoms with Crippen LogP contribution in [-0.2, 0) is 7.05 Å². The molecule has 2 aromatic carbocycles. The summed E-state index contributed by atoms with van der Waals surface area (Å²) < 4.78 is 12.7. The van der Waals surface area contributed by atoms with Crippen molar-refractivity contribution >= 4 is 10.8 Å². The van der Waals surface area contributed by atoms with Crippen LogP contribution in [0.15, 0.2) is 54.7 Å². The Morgan fingerprint density at radius 1 is 0.818 bits per heavy atom. The number of nitrogens with zero attached hydrogens (tertiary/aromatic N) is 1. The van der Waals surface area contributed by atoms with Crippen LogP contribution in [0.2, 0.25) is 0 Å². The first-order chi connectivity index (χ1) is 10.2. The monoisotopic (exact) mass is 315 g/mol. The Kier molecular flexibility index (Phi) is 4.88. The van der Waals surface area contributed by atoms with Gasteiger partial charge in [-0.1, -0.05) is 0 Å². The number of halogens is 1. The highest BCUT2D eigenvalue weighted by Gasteiger charge is 2.15. The minimum Gasteiger partial charge on any atom is -1.00 e. The Labute approximate surface area is 136 Å². The molecule has 0 saturated heterocycles. The third-order valence-electron chi connectivity index (χ3n) is 3.71. The number of methoxy groups -OCH3 is 2. The average Bonchev–Trinajstić information content (AvgIpc) is 2.54. The van der Waals surface area contributed by atoms with Crippen LogP contribution in [0, 0.1) is 0 Å². The molecule has 3 nitrogen and oxygen atoms in total. The number of pyridine rings is 1. The molecule has 3 aromatic rings. The summed E-state index contributed by atoms with van der Waals surface area (Å²) in [5.41, 5.74) is 2.34. The molecule has 0 N–H and O–H groups in total. The maximum Gasteiger partial charge on any atom is 0.220 e. The van der Waals surface area contributed by atoms with E-state index in [-0.39, 0.29) is 12.4 Å². The summed E-state index contributed by atoms with van der Waals surface area (Å²) in [5, 5.41) is 2.37. The van der Waals surface area contributed by atoms with Gasteiger partial charge in [0.2, 0.25) is 5.69 Å². The number of hydrogen-bond acceptors (Lipinski definition) is 2. The van der Waals surface area contributed by atoms with E-state index in [9.17, 15) is 0 Å². The first-order valence-electron chi connectivity index (χ1n) is 6.84. The van der Waals surface area contributed by atoms with E-state index < -0.39 is 0 Å². The molecule has 1 heterocycles. The molecule has 3 rings (SSSR count). The number of rotatable bonds is 3. The molecule has 1 aromatic heterocycles. The molecule has 0 bridgehead atoms. The molecule has 0 radical (unpaired) electrons. The predicted molar refractivity (Wildman–Crippen MR) is 83.7 cm³/mol. The molecular weight excluding hydrogens is 298 g/mol. The molecule has 0 aliphatic carbocycles. The van der Waals surface area contributed by atoms with E-state index in [4.69, 9.17) is 9.47 Å². The predicted octanol–water partition coefficient (Wildman–Crippen LogP) is 0.352. The zero-order chi connectivity index (χ0) is 14.8. The highest BCUT2D eigenvalue weighted by atomic mass is 35.5. The lowest BCUT2D eigenvalue weighted by Gasteiger charge is -2.07. The normalized spacial score (nSPS) is 10.1. The van der Waals surface area contributed by atoms with E-state index in [1.54, 1.807) is 14.2 Å². The summed E-state index contributed by atoms with van der Waals surface area (Å²) in [7, 11) is 5.43. The highest BCUT2D eigenvalue weighted by molar-refractivity contribution is 5.93. The van der Waals surface area contributed by atoms with Gasteiger partial charge in [-0.15, -0.1) is 0 Å². The molecule has 114 valence electrons. The van der Waals surface area contributed by atoms with Gasteiger partial charge in [-0.2, -0.15) is 0 Å². The first kappa shape index (κ1) is 16.1. The minimum absolute atomic E-state index is 0. The number of benzene rings is 2. The fraction of sp³-hybridized carbons (Fsp3) is 0.167. The van der Waals surface area contributed by atoms with Gasteiger partial charge in [0, 0.05) is 11.6 Å². The van der Waals surface area contributed by atoms with E-state index in [1.807, 2.05) is 18.2 Å². The van der Waals surface area contributed by atoms with Gasteiger partial charge in [0.15, 0.2) is 6.20 Å². The summed E-state index contributed by atoms with van der Waals surface area (Å²) >= 11 is 0. The van der Waals surface area contributed by atoms with Crippen molar-refractivity contribution in [3.8, 4) is 22.8 Å². The van der Waals surface area contributed by atoms with Gasteiger partial charge in [0.05, 0.1) is 19.6 Å². The largest absolute Gasteiger partial charge is 1.00 e.